The van der Waals surface area contributed by atoms with Gasteiger partial charge in [-0.05, 0) is 43.4 Å². The number of carbonyl (C=O) groups excluding carboxylic acids is 1. The normalized spacial score (nSPS) is 15.5. The third-order valence-electron chi connectivity index (χ3n) is 5.42. The predicted molar refractivity (Wildman–Crippen MR) is 115 cm³/mol. The lowest BCUT2D eigenvalue weighted by Crippen LogP contribution is -2.38. The quantitative estimate of drug-likeness (QED) is 0.664. The lowest BCUT2D eigenvalue weighted by Gasteiger charge is -2.31. The second kappa shape index (κ2) is 10.1. The van der Waals surface area contributed by atoms with Gasteiger partial charge in [0.2, 0.25) is 15.9 Å². The number of nitrogens with zero attached hydrogens (tertiary/aromatic N) is 1. The highest BCUT2D eigenvalue weighted by atomic mass is 32.2. The van der Waals surface area contributed by atoms with Gasteiger partial charge < -0.3 is 14.8 Å². The zero-order chi connectivity index (χ0) is 22.4. The number of halogens is 1. The molecule has 2 aromatic rings. The molecule has 1 fully saturated rings. The molecule has 9 heteroatoms. The van der Waals surface area contributed by atoms with Gasteiger partial charge in [-0.2, -0.15) is 4.31 Å². The Labute approximate surface area is 182 Å². The topological polar surface area (TPSA) is 84.9 Å². The van der Waals surface area contributed by atoms with Crippen LogP contribution in [0.3, 0.4) is 0 Å². The van der Waals surface area contributed by atoms with Crippen molar-refractivity contribution in [1.82, 2.24) is 4.31 Å². The molecule has 0 saturated carbocycles. The van der Waals surface area contributed by atoms with E-state index in [1.807, 2.05) is 0 Å². The lowest BCUT2D eigenvalue weighted by molar-refractivity contribution is -0.116. The Bertz CT molecular complexity index is 998. The first-order valence-corrected chi connectivity index (χ1v) is 11.5. The average molecular weight is 451 g/mol. The number of rotatable bonds is 8. The SMILES string of the molecule is COc1cc(NC(=O)CCC2CCN(S(=O)(=O)c3cccc(F)c3)CC2)cc(OC)c1. The summed E-state index contributed by atoms with van der Waals surface area (Å²) in [7, 11) is -0.617. The Morgan fingerprint density at radius 3 is 2.32 bits per heavy atom. The van der Waals surface area contributed by atoms with E-state index in [0.717, 1.165) is 6.07 Å². The van der Waals surface area contributed by atoms with Crippen LogP contribution in [0.4, 0.5) is 10.1 Å². The number of ether oxygens (including phenoxy) is 2. The number of hydrogen-bond donors (Lipinski definition) is 1. The number of benzene rings is 2. The number of amides is 1. The van der Waals surface area contributed by atoms with Crippen LogP contribution >= 0.6 is 0 Å². The van der Waals surface area contributed by atoms with Crippen LogP contribution in [0.1, 0.15) is 25.7 Å². The molecule has 0 bridgehead atoms. The van der Waals surface area contributed by atoms with Crippen molar-refractivity contribution in [1.29, 1.82) is 0 Å². The molecule has 3 rings (SSSR count). The maximum Gasteiger partial charge on any atom is 0.243 e. The third kappa shape index (κ3) is 5.95. The van der Waals surface area contributed by atoms with Gasteiger partial charge in [0.25, 0.3) is 0 Å². The van der Waals surface area contributed by atoms with Crippen molar-refractivity contribution in [3.63, 3.8) is 0 Å². The van der Waals surface area contributed by atoms with Crippen LogP contribution in [-0.4, -0.2) is 45.9 Å². The van der Waals surface area contributed by atoms with Crippen LogP contribution in [-0.2, 0) is 14.8 Å². The second-order valence-corrected chi connectivity index (χ2v) is 9.43. The zero-order valence-electron chi connectivity index (χ0n) is 17.6. The predicted octanol–water partition coefficient (Wildman–Crippen LogP) is 3.66. The number of nitrogens with one attached hydrogen (secondary N) is 1. The number of piperidine rings is 1. The lowest BCUT2D eigenvalue weighted by atomic mass is 9.93. The van der Waals surface area contributed by atoms with E-state index < -0.39 is 15.8 Å². The highest BCUT2D eigenvalue weighted by Crippen LogP contribution is 2.28. The molecular weight excluding hydrogens is 423 g/mol. The van der Waals surface area contributed by atoms with E-state index in [9.17, 15) is 17.6 Å². The Balaban J connectivity index is 1.50. The molecule has 7 nitrogen and oxygen atoms in total. The molecule has 1 amide bonds. The fourth-order valence-corrected chi connectivity index (χ4v) is 5.15. The molecule has 0 aromatic heterocycles. The van der Waals surface area contributed by atoms with E-state index in [1.54, 1.807) is 32.4 Å². The van der Waals surface area contributed by atoms with Crippen LogP contribution in [0.25, 0.3) is 0 Å². The van der Waals surface area contributed by atoms with Crippen molar-refractivity contribution in [2.24, 2.45) is 5.92 Å². The Morgan fingerprint density at radius 1 is 1.10 bits per heavy atom. The zero-order valence-corrected chi connectivity index (χ0v) is 18.5. The molecule has 0 spiro atoms. The van der Waals surface area contributed by atoms with Crippen molar-refractivity contribution >= 4 is 21.6 Å². The molecule has 1 aliphatic heterocycles. The standard InChI is InChI=1S/C22H27FN2O5S/c1-29-19-13-18(14-20(15-19)30-2)24-22(26)7-6-16-8-10-25(11-9-16)31(27,28)21-5-3-4-17(23)12-21/h3-5,12-16H,6-11H2,1-2H3,(H,24,26). The number of sulfonamides is 1. The molecule has 168 valence electrons. The molecule has 1 saturated heterocycles. The highest BCUT2D eigenvalue weighted by Gasteiger charge is 2.29. The minimum absolute atomic E-state index is 0.0287. The van der Waals surface area contributed by atoms with Crippen LogP contribution in [0, 0.1) is 11.7 Å². The molecule has 0 unspecified atom stereocenters. The Kier molecular flexibility index (Phi) is 7.50. The first-order chi connectivity index (χ1) is 14.8. The van der Waals surface area contributed by atoms with Gasteiger partial charge in [-0.1, -0.05) is 6.07 Å². The average Bonchev–Trinajstić information content (AvgIpc) is 2.77. The van der Waals surface area contributed by atoms with Crippen LogP contribution < -0.4 is 14.8 Å². The van der Waals surface area contributed by atoms with E-state index in [0.29, 0.717) is 56.0 Å². The van der Waals surface area contributed by atoms with E-state index in [-0.39, 0.29) is 16.7 Å². The molecule has 0 aliphatic carbocycles. The molecule has 1 aliphatic rings. The minimum atomic E-state index is -3.70. The first kappa shape index (κ1) is 23.0. The molecular formula is C22H27FN2O5S. The second-order valence-electron chi connectivity index (χ2n) is 7.49. The molecule has 31 heavy (non-hydrogen) atoms. The summed E-state index contributed by atoms with van der Waals surface area (Å²) in [5.74, 6) is 0.730. The van der Waals surface area contributed by atoms with Crippen molar-refractivity contribution in [2.75, 3.05) is 32.6 Å². The van der Waals surface area contributed by atoms with Crippen molar-refractivity contribution < 1.29 is 27.1 Å². The molecule has 2 aromatic carbocycles. The maximum absolute atomic E-state index is 13.4. The van der Waals surface area contributed by atoms with Gasteiger partial charge in [-0.3, -0.25) is 4.79 Å². The summed E-state index contributed by atoms with van der Waals surface area (Å²) < 4.78 is 50.6. The van der Waals surface area contributed by atoms with Crippen LogP contribution in [0.15, 0.2) is 47.4 Å². The third-order valence-corrected chi connectivity index (χ3v) is 7.32. The largest absolute Gasteiger partial charge is 0.497 e. The smallest absolute Gasteiger partial charge is 0.243 e. The molecule has 0 radical (unpaired) electrons. The molecule has 1 heterocycles. The van der Waals surface area contributed by atoms with Gasteiger partial charge in [0.15, 0.2) is 0 Å². The van der Waals surface area contributed by atoms with Crippen molar-refractivity contribution in [3.05, 3.63) is 48.3 Å². The monoisotopic (exact) mass is 450 g/mol. The van der Waals surface area contributed by atoms with Gasteiger partial charge in [0.1, 0.15) is 17.3 Å². The summed E-state index contributed by atoms with van der Waals surface area (Å²) >= 11 is 0. The Morgan fingerprint density at radius 2 is 1.74 bits per heavy atom. The fraction of sp³-hybridized carbons (Fsp3) is 0.409. The minimum Gasteiger partial charge on any atom is -0.497 e. The first-order valence-electron chi connectivity index (χ1n) is 10.1. The van der Waals surface area contributed by atoms with Gasteiger partial charge in [0, 0.05) is 43.4 Å². The summed E-state index contributed by atoms with van der Waals surface area (Å²) in [6, 6.07) is 10.2. The number of hydrogen-bond acceptors (Lipinski definition) is 5. The Hall–Kier alpha value is -2.65. The van der Waals surface area contributed by atoms with Gasteiger partial charge in [-0.25, -0.2) is 12.8 Å². The van der Waals surface area contributed by atoms with Crippen molar-refractivity contribution in [2.45, 2.75) is 30.6 Å². The van der Waals surface area contributed by atoms with Gasteiger partial charge in [0.05, 0.1) is 19.1 Å². The summed E-state index contributed by atoms with van der Waals surface area (Å²) in [6.45, 7) is 0.719. The summed E-state index contributed by atoms with van der Waals surface area (Å²) in [5, 5.41) is 2.85. The van der Waals surface area contributed by atoms with Crippen LogP contribution in [0.5, 0.6) is 11.5 Å². The van der Waals surface area contributed by atoms with E-state index >= 15 is 0 Å². The number of anilines is 1. The molecule has 0 atom stereocenters. The highest BCUT2D eigenvalue weighted by molar-refractivity contribution is 7.89. The maximum atomic E-state index is 13.4. The van der Waals surface area contributed by atoms with E-state index in [1.165, 1.54) is 22.5 Å². The van der Waals surface area contributed by atoms with Gasteiger partial charge >= 0.3 is 0 Å². The fourth-order valence-electron chi connectivity index (χ4n) is 3.65. The summed E-state index contributed by atoms with van der Waals surface area (Å²) in [6.07, 6.45) is 2.32. The van der Waals surface area contributed by atoms with Crippen LogP contribution in [0.2, 0.25) is 0 Å². The van der Waals surface area contributed by atoms with E-state index in [4.69, 9.17) is 9.47 Å². The molecule has 1 N–H and O–H groups in total. The van der Waals surface area contributed by atoms with Gasteiger partial charge in [-0.15, -0.1) is 0 Å². The number of methoxy groups -OCH3 is 2. The summed E-state index contributed by atoms with van der Waals surface area (Å²) in [4.78, 5) is 12.3. The van der Waals surface area contributed by atoms with Crippen molar-refractivity contribution in [3.8, 4) is 11.5 Å². The van der Waals surface area contributed by atoms with E-state index in [2.05, 4.69) is 5.32 Å². The number of carbonyl (C=O) groups is 1. The summed E-state index contributed by atoms with van der Waals surface area (Å²) in [5.41, 5.74) is 0.595.